The number of hydrogen-bond acceptors (Lipinski definition) is 5. The van der Waals surface area contributed by atoms with Crippen molar-refractivity contribution in [2.24, 2.45) is 11.8 Å². The largest absolute Gasteiger partial charge is 0.466 e. The van der Waals surface area contributed by atoms with Gasteiger partial charge in [-0.25, -0.2) is 4.79 Å². The summed E-state index contributed by atoms with van der Waals surface area (Å²) in [6.45, 7) is 0.361. The van der Waals surface area contributed by atoms with Crippen LogP contribution in [0.1, 0.15) is 12.8 Å². The van der Waals surface area contributed by atoms with Crippen LogP contribution in [-0.2, 0) is 19.0 Å². The fraction of sp³-hybridized carbons (Fsp3) is 0.583. The Hall–Kier alpha value is -1.33. The van der Waals surface area contributed by atoms with Crippen molar-refractivity contribution < 1.29 is 24.1 Å². The summed E-state index contributed by atoms with van der Waals surface area (Å²) < 4.78 is 15.2. The van der Waals surface area contributed by atoms with E-state index in [4.69, 9.17) is 14.2 Å². The molecule has 1 aliphatic carbocycles. The van der Waals surface area contributed by atoms with Crippen LogP contribution in [-0.4, -0.2) is 30.8 Å². The first-order valence-electron chi connectivity index (χ1n) is 5.67. The predicted molar refractivity (Wildman–Crippen MR) is 56.4 cm³/mol. The quantitative estimate of drug-likeness (QED) is 0.538. The van der Waals surface area contributed by atoms with E-state index in [-0.39, 0.29) is 11.8 Å². The van der Waals surface area contributed by atoms with Crippen LogP contribution in [0.2, 0.25) is 0 Å². The second-order valence-electron chi connectivity index (χ2n) is 4.54. The fourth-order valence-electron chi connectivity index (χ4n) is 2.91. The molecule has 0 spiro atoms. The number of aliphatic hydroxyl groups is 1. The first-order chi connectivity index (χ1) is 8.15. The number of carbonyl (C=O) groups is 1. The van der Waals surface area contributed by atoms with Gasteiger partial charge >= 0.3 is 11.9 Å². The lowest BCUT2D eigenvalue weighted by Gasteiger charge is -2.39. The van der Waals surface area contributed by atoms with E-state index >= 15 is 0 Å². The molecule has 2 heterocycles. The fourth-order valence-corrected chi connectivity index (χ4v) is 2.91. The number of esters is 1. The van der Waals surface area contributed by atoms with Crippen molar-refractivity contribution in [2.45, 2.75) is 18.8 Å². The van der Waals surface area contributed by atoms with Gasteiger partial charge in [0.25, 0.3) is 0 Å². The van der Waals surface area contributed by atoms with Gasteiger partial charge in [0, 0.05) is 5.92 Å². The Morgan fingerprint density at radius 1 is 1.65 bits per heavy atom. The normalized spacial score (nSPS) is 38.7. The summed E-state index contributed by atoms with van der Waals surface area (Å²) in [4.78, 5) is 11.6. The summed E-state index contributed by atoms with van der Waals surface area (Å²) in [5, 5.41) is 10.2. The average molecular weight is 238 g/mol. The highest BCUT2D eigenvalue weighted by atomic mass is 16.8. The topological polar surface area (TPSA) is 65.0 Å². The zero-order chi connectivity index (χ0) is 12.0. The lowest BCUT2D eigenvalue weighted by molar-refractivity contribution is -0.346. The molecule has 17 heavy (non-hydrogen) atoms. The van der Waals surface area contributed by atoms with Gasteiger partial charge < -0.3 is 19.3 Å². The molecule has 1 saturated heterocycles. The average Bonchev–Trinajstić information content (AvgIpc) is 2.69. The van der Waals surface area contributed by atoms with Gasteiger partial charge in [0.1, 0.15) is 6.26 Å². The Labute approximate surface area is 98.7 Å². The molecule has 5 heteroatoms. The summed E-state index contributed by atoms with van der Waals surface area (Å²) in [6.07, 6.45) is 5.01. The number of methoxy groups -OCH3 is 1. The minimum atomic E-state index is -1.60. The molecule has 1 fully saturated rings. The molecule has 3 unspecified atom stereocenters. The molecule has 3 aliphatic rings. The van der Waals surface area contributed by atoms with Gasteiger partial charge in [0.15, 0.2) is 0 Å². The van der Waals surface area contributed by atoms with Crippen molar-refractivity contribution in [2.75, 3.05) is 13.7 Å². The SMILES string of the molecule is COC(=O)C1=COC2(O)OCC3=CCCC1C32. The molecular weight excluding hydrogens is 224 g/mol. The number of hydrogen-bond donors (Lipinski definition) is 1. The monoisotopic (exact) mass is 238 g/mol. The summed E-state index contributed by atoms with van der Waals surface area (Å²) in [7, 11) is 1.34. The summed E-state index contributed by atoms with van der Waals surface area (Å²) in [5.41, 5.74) is 1.50. The van der Waals surface area contributed by atoms with Crippen LogP contribution in [0.5, 0.6) is 0 Å². The second-order valence-corrected chi connectivity index (χ2v) is 4.54. The lowest BCUT2D eigenvalue weighted by atomic mass is 9.73. The van der Waals surface area contributed by atoms with Crippen LogP contribution in [0.3, 0.4) is 0 Å². The van der Waals surface area contributed by atoms with E-state index in [9.17, 15) is 9.90 Å². The maximum Gasteiger partial charge on any atom is 0.337 e. The van der Waals surface area contributed by atoms with E-state index in [0.29, 0.717) is 12.2 Å². The van der Waals surface area contributed by atoms with Crippen molar-refractivity contribution >= 4 is 5.97 Å². The smallest absolute Gasteiger partial charge is 0.337 e. The Morgan fingerprint density at radius 2 is 2.47 bits per heavy atom. The Balaban J connectivity index is 2.01. The van der Waals surface area contributed by atoms with Crippen molar-refractivity contribution in [3.8, 4) is 0 Å². The molecule has 0 saturated carbocycles. The molecular formula is C12H14O5. The lowest BCUT2D eigenvalue weighted by Crippen LogP contribution is -2.46. The number of ether oxygens (including phenoxy) is 3. The third-order valence-electron chi connectivity index (χ3n) is 3.70. The van der Waals surface area contributed by atoms with Crippen LogP contribution < -0.4 is 0 Å². The zero-order valence-electron chi connectivity index (χ0n) is 9.51. The van der Waals surface area contributed by atoms with Crippen molar-refractivity contribution in [1.29, 1.82) is 0 Å². The van der Waals surface area contributed by atoms with Gasteiger partial charge in [-0.15, -0.1) is 0 Å². The minimum absolute atomic E-state index is 0.0799. The van der Waals surface area contributed by atoms with E-state index < -0.39 is 11.9 Å². The number of allylic oxidation sites excluding steroid dienone is 1. The molecule has 0 bridgehead atoms. The maximum absolute atomic E-state index is 11.6. The number of rotatable bonds is 1. The Kier molecular flexibility index (Phi) is 2.27. The van der Waals surface area contributed by atoms with Gasteiger partial charge in [-0.3, -0.25) is 0 Å². The molecule has 0 aromatic rings. The van der Waals surface area contributed by atoms with Gasteiger partial charge in [-0.05, 0) is 18.4 Å². The van der Waals surface area contributed by atoms with E-state index in [1.807, 2.05) is 0 Å². The Morgan fingerprint density at radius 3 is 3.24 bits per heavy atom. The van der Waals surface area contributed by atoms with E-state index in [2.05, 4.69) is 6.08 Å². The van der Waals surface area contributed by atoms with Crippen molar-refractivity contribution in [1.82, 2.24) is 0 Å². The van der Waals surface area contributed by atoms with Gasteiger partial charge in [0.2, 0.25) is 0 Å². The van der Waals surface area contributed by atoms with Crippen LogP contribution >= 0.6 is 0 Å². The summed E-state index contributed by atoms with van der Waals surface area (Å²) >= 11 is 0. The van der Waals surface area contributed by atoms with Crippen LogP contribution in [0.25, 0.3) is 0 Å². The summed E-state index contributed by atoms with van der Waals surface area (Å²) in [5.74, 6) is -2.36. The third-order valence-corrected chi connectivity index (χ3v) is 3.70. The standard InChI is InChI=1S/C12H14O5/c1-15-11(13)9-6-17-12(14)10-7(5-16-12)3-2-4-8(9)10/h3,6,8,10,14H,2,4-5H2,1H3. The zero-order valence-corrected chi connectivity index (χ0v) is 9.51. The van der Waals surface area contributed by atoms with E-state index in [1.54, 1.807) is 0 Å². The molecule has 3 rings (SSSR count). The first kappa shape index (κ1) is 10.8. The third kappa shape index (κ3) is 1.42. The van der Waals surface area contributed by atoms with Gasteiger partial charge in [-0.1, -0.05) is 6.08 Å². The maximum atomic E-state index is 11.6. The van der Waals surface area contributed by atoms with E-state index in [0.717, 1.165) is 18.4 Å². The molecule has 3 atom stereocenters. The number of carbonyl (C=O) groups excluding carboxylic acids is 1. The van der Waals surface area contributed by atoms with Gasteiger partial charge in [0.05, 0.1) is 25.2 Å². The van der Waals surface area contributed by atoms with Crippen molar-refractivity contribution in [3.05, 3.63) is 23.5 Å². The highest BCUT2D eigenvalue weighted by molar-refractivity contribution is 5.89. The highest BCUT2D eigenvalue weighted by Gasteiger charge is 2.56. The molecule has 0 radical (unpaired) electrons. The summed E-state index contributed by atoms with van der Waals surface area (Å²) in [6, 6.07) is 0. The molecule has 92 valence electrons. The molecule has 0 amide bonds. The van der Waals surface area contributed by atoms with E-state index in [1.165, 1.54) is 13.4 Å². The predicted octanol–water partition coefficient (Wildman–Crippen LogP) is 0.702. The highest BCUT2D eigenvalue weighted by Crippen LogP contribution is 2.50. The Bertz CT molecular complexity index is 425. The molecule has 0 aromatic carbocycles. The van der Waals surface area contributed by atoms with Crippen LogP contribution in [0.4, 0.5) is 0 Å². The molecule has 1 N–H and O–H groups in total. The second kappa shape index (κ2) is 3.58. The van der Waals surface area contributed by atoms with Gasteiger partial charge in [-0.2, -0.15) is 0 Å². The minimum Gasteiger partial charge on any atom is -0.466 e. The van der Waals surface area contributed by atoms with Crippen molar-refractivity contribution in [3.63, 3.8) is 0 Å². The first-order valence-corrected chi connectivity index (χ1v) is 5.67. The van der Waals surface area contributed by atoms with Crippen LogP contribution in [0.15, 0.2) is 23.5 Å². The molecule has 5 nitrogen and oxygen atoms in total. The molecule has 2 aliphatic heterocycles. The van der Waals surface area contributed by atoms with Crippen LogP contribution in [0, 0.1) is 11.8 Å². The molecule has 0 aromatic heterocycles.